The molecule has 7 heteroatoms. The second kappa shape index (κ2) is 5.88. The van der Waals surface area contributed by atoms with E-state index in [9.17, 15) is 18.0 Å². The Kier molecular flexibility index (Phi) is 4.98. The smallest absolute Gasteiger partial charge is 0.339 e. The summed E-state index contributed by atoms with van der Waals surface area (Å²) < 4.78 is 36.6. The molecule has 1 aliphatic rings. The van der Waals surface area contributed by atoms with E-state index in [1.54, 1.807) is 4.90 Å². The van der Waals surface area contributed by atoms with Crippen LogP contribution in [0.4, 0.5) is 13.2 Å². The van der Waals surface area contributed by atoms with Crippen molar-refractivity contribution >= 4 is 5.91 Å². The average molecular weight is 267 g/mol. The summed E-state index contributed by atoms with van der Waals surface area (Å²) in [6.07, 6.45) is -4.18. The first-order valence-electron chi connectivity index (χ1n) is 6.04. The first kappa shape index (κ1) is 15.2. The molecule has 0 aromatic rings. The van der Waals surface area contributed by atoms with Crippen LogP contribution < -0.4 is 5.73 Å². The van der Waals surface area contributed by atoms with E-state index in [2.05, 4.69) is 0 Å². The van der Waals surface area contributed by atoms with E-state index in [1.165, 1.54) is 4.90 Å². The molecule has 18 heavy (non-hydrogen) atoms. The number of piperazine rings is 1. The lowest BCUT2D eigenvalue weighted by molar-refractivity contribution is -0.152. The summed E-state index contributed by atoms with van der Waals surface area (Å²) in [5.41, 5.74) is 5.74. The monoisotopic (exact) mass is 267 g/mol. The zero-order valence-electron chi connectivity index (χ0n) is 10.7. The van der Waals surface area contributed by atoms with Crippen molar-refractivity contribution in [3.8, 4) is 0 Å². The van der Waals surface area contributed by atoms with Gasteiger partial charge in [-0.15, -0.1) is 0 Å². The summed E-state index contributed by atoms with van der Waals surface area (Å²) >= 11 is 0. The highest BCUT2D eigenvalue weighted by atomic mass is 19.4. The van der Waals surface area contributed by atoms with E-state index < -0.39 is 18.8 Å². The van der Waals surface area contributed by atoms with Crippen molar-refractivity contribution in [3.05, 3.63) is 0 Å². The van der Waals surface area contributed by atoms with Gasteiger partial charge < -0.3 is 10.6 Å². The number of hydrogen-bond donors (Lipinski definition) is 1. The summed E-state index contributed by atoms with van der Waals surface area (Å²) in [6.45, 7) is 3.91. The summed E-state index contributed by atoms with van der Waals surface area (Å²) in [4.78, 5) is 14.8. The van der Waals surface area contributed by atoms with Crippen molar-refractivity contribution in [2.75, 3.05) is 32.7 Å². The number of carbonyl (C=O) groups excluding carboxylic acids is 1. The number of nitrogens with zero attached hydrogens (tertiary/aromatic N) is 2. The van der Waals surface area contributed by atoms with Gasteiger partial charge in [-0.25, -0.2) is 0 Å². The molecule has 106 valence electrons. The average Bonchev–Trinajstić information content (AvgIpc) is 2.26. The molecule has 1 amide bonds. The lowest BCUT2D eigenvalue weighted by Crippen LogP contribution is -2.55. The van der Waals surface area contributed by atoms with Gasteiger partial charge in [0, 0.05) is 26.2 Å². The Hall–Kier alpha value is -0.820. The van der Waals surface area contributed by atoms with Gasteiger partial charge >= 0.3 is 6.18 Å². The van der Waals surface area contributed by atoms with Crippen LogP contribution >= 0.6 is 0 Å². The molecule has 0 aliphatic carbocycles. The molecular weight excluding hydrogens is 247 g/mol. The molecule has 0 radical (unpaired) electrons. The van der Waals surface area contributed by atoms with Gasteiger partial charge in [0.1, 0.15) is 0 Å². The number of carbonyl (C=O) groups is 1. The molecular formula is C11H20F3N3O. The molecule has 1 atom stereocenters. The first-order valence-corrected chi connectivity index (χ1v) is 6.04. The lowest BCUT2D eigenvalue weighted by atomic mass is 10.0. The SMILES string of the molecule is CC(C)[C@H](N)C(=O)N1CCN(CC(F)(F)F)CC1. The van der Waals surface area contributed by atoms with Crippen LogP contribution in [-0.4, -0.2) is 60.6 Å². The zero-order chi connectivity index (χ0) is 13.9. The van der Waals surface area contributed by atoms with Crippen LogP contribution in [0.3, 0.4) is 0 Å². The van der Waals surface area contributed by atoms with E-state index >= 15 is 0 Å². The summed E-state index contributed by atoms with van der Waals surface area (Å²) in [5, 5.41) is 0. The predicted molar refractivity (Wildman–Crippen MR) is 61.9 cm³/mol. The molecule has 0 unspecified atom stereocenters. The molecule has 4 nitrogen and oxygen atoms in total. The molecule has 1 saturated heterocycles. The van der Waals surface area contributed by atoms with Crippen LogP contribution in [0.15, 0.2) is 0 Å². The summed E-state index contributed by atoms with van der Waals surface area (Å²) in [5.74, 6) is -0.137. The van der Waals surface area contributed by atoms with Crippen LogP contribution in [0.1, 0.15) is 13.8 Å². The third-order valence-electron chi connectivity index (χ3n) is 3.09. The van der Waals surface area contributed by atoms with Crippen molar-refractivity contribution in [3.63, 3.8) is 0 Å². The van der Waals surface area contributed by atoms with Crippen LogP contribution in [0, 0.1) is 5.92 Å². The van der Waals surface area contributed by atoms with Crippen molar-refractivity contribution < 1.29 is 18.0 Å². The fourth-order valence-corrected chi connectivity index (χ4v) is 1.88. The van der Waals surface area contributed by atoms with E-state index in [-0.39, 0.29) is 24.9 Å². The second-order valence-electron chi connectivity index (χ2n) is 4.99. The predicted octanol–water partition coefficient (Wildman–Crippen LogP) is 0.676. The Morgan fingerprint density at radius 3 is 2.11 bits per heavy atom. The Balaban J connectivity index is 2.42. The molecule has 1 fully saturated rings. The number of amides is 1. The maximum atomic E-state index is 12.2. The van der Waals surface area contributed by atoms with Crippen LogP contribution in [0.5, 0.6) is 0 Å². The van der Waals surface area contributed by atoms with Gasteiger partial charge in [0.2, 0.25) is 5.91 Å². The van der Waals surface area contributed by atoms with Crippen LogP contribution in [0.25, 0.3) is 0 Å². The van der Waals surface area contributed by atoms with Crippen LogP contribution in [0.2, 0.25) is 0 Å². The molecule has 0 spiro atoms. The normalized spacial score (nSPS) is 20.3. The molecule has 1 heterocycles. The standard InChI is InChI=1S/C11H20F3N3O/c1-8(2)9(15)10(18)17-5-3-16(4-6-17)7-11(12,13)14/h8-9H,3-7,15H2,1-2H3/t9-/m0/s1. The van der Waals surface area contributed by atoms with E-state index in [0.29, 0.717) is 13.1 Å². The quantitative estimate of drug-likeness (QED) is 0.818. The molecule has 1 aliphatic heterocycles. The Labute approximate surface area is 105 Å². The summed E-state index contributed by atoms with van der Waals surface area (Å²) in [6, 6.07) is -0.570. The van der Waals surface area contributed by atoms with Gasteiger partial charge in [-0.3, -0.25) is 9.69 Å². The van der Waals surface area contributed by atoms with Gasteiger partial charge in [-0.1, -0.05) is 13.8 Å². The highest BCUT2D eigenvalue weighted by molar-refractivity contribution is 5.82. The molecule has 1 rings (SSSR count). The largest absolute Gasteiger partial charge is 0.401 e. The van der Waals surface area contributed by atoms with Gasteiger partial charge in [-0.05, 0) is 5.92 Å². The molecule has 0 aromatic heterocycles. The molecule has 2 N–H and O–H groups in total. The topological polar surface area (TPSA) is 49.6 Å². The van der Waals surface area contributed by atoms with E-state index in [0.717, 1.165) is 0 Å². The Morgan fingerprint density at radius 2 is 1.72 bits per heavy atom. The van der Waals surface area contributed by atoms with Gasteiger partial charge in [0.05, 0.1) is 12.6 Å². The first-order chi connectivity index (χ1) is 8.20. The maximum Gasteiger partial charge on any atom is 0.401 e. The highest BCUT2D eigenvalue weighted by Crippen LogP contribution is 2.17. The highest BCUT2D eigenvalue weighted by Gasteiger charge is 2.33. The minimum atomic E-state index is -4.18. The molecule has 0 saturated carbocycles. The minimum Gasteiger partial charge on any atom is -0.339 e. The lowest BCUT2D eigenvalue weighted by Gasteiger charge is -2.36. The fourth-order valence-electron chi connectivity index (χ4n) is 1.88. The number of rotatable bonds is 3. The van der Waals surface area contributed by atoms with Gasteiger partial charge in [-0.2, -0.15) is 13.2 Å². The van der Waals surface area contributed by atoms with Gasteiger partial charge in [0.15, 0.2) is 0 Å². The third-order valence-corrected chi connectivity index (χ3v) is 3.09. The van der Waals surface area contributed by atoms with Crippen molar-refractivity contribution in [2.45, 2.75) is 26.1 Å². The number of hydrogen-bond acceptors (Lipinski definition) is 3. The fraction of sp³-hybridized carbons (Fsp3) is 0.909. The van der Waals surface area contributed by atoms with Crippen molar-refractivity contribution in [1.29, 1.82) is 0 Å². The van der Waals surface area contributed by atoms with Gasteiger partial charge in [0.25, 0.3) is 0 Å². The minimum absolute atomic E-state index is 0.0331. The van der Waals surface area contributed by atoms with E-state index in [4.69, 9.17) is 5.73 Å². The zero-order valence-corrected chi connectivity index (χ0v) is 10.7. The Morgan fingerprint density at radius 1 is 1.22 bits per heavy atom. The maximum absolute atomic E-state index is 12.2. The summed E-state index contributed by atoms with van der Waals surface area (Å²) in [7, 11) is 0. The second-order valence-corrected chi connectivity index (χ2v) is 4.99. The van der Waals surface area contributed by atoms with Crippen LogP contribution in [-0.2, 0) is 4.79 Å². The van der Waals surface area contributed by atoms with E-state index in [1.807, 2.05) is 13.8 Å². The van der Waals surface area contributed by atoms with Crippen molar-refractivity contribution in [2.24, 2.45) is 11.7 Å². The Bertz CT molecular complexity index is 286. The number of halogens is 3. The number of nitrogens with two attached hydrogens (primary N) is 1. The molecule has 0 aromatic carbocycles. The third kappa shape index (κ3) is 4.45. The molecule has 0 bridgehead atoms. The number of alkyl halides is 3. The van der Waals surface area contributed by atoms with Crippen molar-refractivity contribution in [1.82, 2.24) is 9.80 Å².